The Labute approximate surface area is 125 Å². The van der Waals surface area contributed by atoms with E-state index in [9.17, 15) is 0 Å². The number of halogens is 2. The van der Waals surface area contributed by atoms with E-state index in [1.807, 2.05) is 0 Å². The first-order valence-corrected chi connectivity index (χ1v) is 6.25. The van der Waals surface area contributed by atoms with Crippen molar-refractivity contribution in [3.05, 3.63) is 30.2 Å². The van der Waals surface area contributed by atoms with Gasteiger partial charge in [0.2, 0.25) is 0 Å². The predicted octanol–water partition coefficient (Wildman–Crippen LogP) is 2.28. The van der Waals surface area contributed by atoms with Crippen molar-refractivity contribution < 1.29 is 0 Å². The molecule has 106 valence electrons. The number of hydrogen-bond donors (Lipinski definition) is 1. The van der Waals surface area contributed by atoms with Crippen LogP contribution in [0.25, 0.3) is 5.52 Å². The maximum Gasteiger partial charge on any atom is 0.153 e. The van der Waals surface area contributed by atoms with Gasteiger partial charge in [0.05, 0.1) is 11.2 Å². The molecule has 6 heteroatoms. The van der Waals surface area contributed by atoms with Crippen LogP contribution in [0.1, 0.15) is 19.0 Å². The molecule has 0 saturated carbocycles. The van der Waals surface area contributed by atoms with Crippen LogP contribution in [0, 0.1) is 0 Å². The van der Waals surface area contributed by atoms with Crippen LogP contribution in [0.2, 0.25) is 0 Å². The summed E-state index contributed by atoms with van der Waals surface area (Å²) in [5, 5.41) is 0. The van der Waals surface area contributed by atoms with E-state index in [0.717, 1.165) is 37.4 Å². The van der Waals surface area contributed by atoms with Gasteiger partial charge in [0.1, 0.15) is 0 Å². The second-order valence-electron chi connectivity index (χ2n) is 4.70. The summed E-state index contributed by atoms with van der Waals surface area (Å²) in [5.41, 5.74) is 8.28. The third-order valence-corrected chi connectivity index (χ3v) is 3.43. The molecule has 0 radical (unpaired) electrons. The molecule has 0 amide bonds. The molecule has 1 fully saturated rings. The highest BCUT2D eigenvalue weighted by Gasteiger charge is 2.22. The average Bonchev–Trinajstić information content (AvgIpc) is 2.95. The van der Waals surface area contributed by atoms with Gasteiger partial charge in [0.25, 0.3) is 0 Å². The molecule has 1 saturated heterocycles. The molecule has 0 aliphatic carbocycles. The summed E-state index contributed by atoms with van der Waals surface area (Å²) in [6, 6.07) is 4.47. The van der Waals surface area contributed by atoms with Crippen molar-refractivity contribution in [3.8, 4) is 0 Å². The molecule has 4 nitrogen and oxygen atoms in total. The molecular weight excluding hydrogens is 283 g/mol. The van der Waals surface area contributed by atoms with Gasteiger partial charge in [0.15, 0.2) is 5.82 Å². The number of aromatic nitrogens is 2. The van der Waals surface area contributed by atoms with Gasteiger partial charge < -0.3 is 15.0 Å². The van der Waals surface area contributed by atoms with E-state index in [2.05, 4.69) is 40.8 Å². The average molecular weight is 303 g/mol. The lowest BCUT2D eigenvalue weighted by Crippen LogP contribution is -2.27. The minimum absolute atomic E-state index is 0. The van der Waals surface area contributed by atoms with Crippen molar-refractivity contribution >= 4 is 36.1 Å². The number of anilines is 1. The summed E-state index contributed by atoms with van der Waals surface area (Å²) < 4.78 is 2.16. The van der Waals surface area contributed by atoms with E-state index in [4.69, 9.17) is 10.7 Å². The Balaban J connectivity index is 0.000000902. The lowest BCUT2D eigenvalue weighted by Gasteiger charge is -2.19. The summed E-state index contributed by atoms with van der Waals surface area (Å²) in [6.07, 6.45) is 6.20. The first kappa shape index (κ1) is 16.1. The zero-order valence-electron chi connectivity index (χ0n) is 11.0. The smallest absolute Gasteiger partial charge is 0.153 e. The number of nitrogens with zero attached hydrogens (tertiary/aromatic N) is 3. The predicted molar refractivity (Wildman–Crippen MR) is 83.9 cm³/mol. The lowest BCUT2D eigenvalue weighted by atomic mass is 10.3. The van der Waals surface area contributed by atoms with E-state index in [1.165, 1.54) is 5.52 Å². The SMILES string of the molecule is CCc1cn2cccc2c(N2CCC(N)C2)n1.Cl.Cl. The molecule has 19 heavy (non-hydrogen) atoms. The standard InChI is InChI=1S/C13H18N4.2ClH/c1-2-11-9-16-6-3-4-12(16)13(15-11)17-7-5-10(14)8-17;;/h3-4,6,9-10H,2,5,7-8,14H2,1H3;2*1H. The number of hydrogen-bond acceptors (Lipinski definition) is 3. The van der Waals surface area contributed by atoms with Crippen LogP contribution in [-0.2, 0) is 6.42 Å². The molecular formula is C13H20Cl2N4. The van der Waals surface area contributed by atoms with Gasteiger partial charge in [-0.3, -0.25) is 0 Å². The van der Waals surface area contributed by atoms with Gasteiger partial charge in [-0.05, 0) is 25.0 Å². The van der Waals surface area contributed by atoms with Crippen LogP contribution in [-0.4, -0.2) is 28.5 Å². The molecule has 2 N–H and O–H groups in total. The minimum atomic E-state index is 0. The third-order valence-electron chi connectivity index (χ3n) is 3.43. The number of rotatable bonds is 2. The Kier molecular flexibility index (Phi) is 5.47. The molecule has 1 aliphatic rings. The number of fused-ring (bicyclic) bond motifs is 1. The topological polar surface area (TPSA) is 46.6 Å². The van der Waals surface area contributed by atoms with Gasteiger partial charge >= 0.3 is 0 Å². The molecule has 3 heterocycles. The van der Waals surface area contributed by atoms with Crippen LogP contribution < -0.4 is 10.6 Å². The molecule has 0 bridgehead atoms. The van der Waals surface area contributed by atoms with E-state index >= 15 is 0 Å². The van der Waals surface area contributed by atoms with Crippen molar-refractivity contribution in [3.63, 3.8) is 0 Å². The van der Waals surface area contributed by atoms with Crippen molar-refractivity contribution in [2.24, 2.45) is 5.73 Å². The highest BCUT2D eigenvalue weighted by Crippen LogP contribution is 2.24. The summed E-state index contributed by atoms with van der Waals surface area (Å²) >= 11 is 0. The van der Waals surface area contributed by atoms with Gasteiger partial charge in [0, 0.05) is 31.5 Å². The molecule has 1 atom stereocenters. The van der Waals surface area contributed by atoms with E-state index < -0.39 is 0 Å². The van der Waals surface area contributed by atoms with E-state index in [1.54, 1.807) is 0 Å². The van der Waals surface area contributed by atoms with Gasteiger partial charge in [-0.15, -0.1) is 24.8 Å². The Morgan fingerprint density at radius 2 is 2.21 bits per heavy atom. The van der Waals surface area contributed by atoms with E-state index in [0.29, 0.717) is 0 Å². The van der Waals surface area contributed by atoms with Crippen LogP contribution in [0.15, 0.2) is 24.5 Å². The molecule has 3 rings (SSSR count). The Bertz CT molecular complexity index is 540. The normalized spacial score (nSPS) is 18.2. The quantitative estimate of drug-likeness (QED) is 0.926. The highest BCUT2D eigenvalue weighted by atomic mass is 35.5. The Morgan fingerprint density at radius 1 is 1.42 bits per heavy atom. The monoisotopic (exact) mass is 302 g/mol. The Morgan fingerprint density at radius 3 is 2.84 bits per heavy atom. The molecule has 2 aromatic heterocycles. The van der Waals surface area contributed by atoms with Crippen LogP contribution in [0.3, 0.4) is 0 Å². The molecule has 2 aromatic rings. The van der Waals surface area contributed by atoms with Gasteiger partial charge in [-0.2, -0.15) is 0 Å². The van der Waals surface area contributed by atoms with E-state index in [-0.39, 0.29) is 30.9 Å². The first-order chi connectivity index (χ1) is 8.28. The highest BCUT2D eigenvalue weighted by molar-refractivity contribution is 5.85. The zero-order valence-corrected chi connectivity index (χ0v) is 12.6. The summed E-state index contributed by atoms with van der Waals surface area (Å²) in [6.45, 7) is 4.07. The summed E-state index contributed by atoms with van der Waals surface area (Å²) in [7, 11) is 0. The second kappa shape index (κ2) is 6.46. The molecule has 0 spiro atoms. The largest absolute Gasteiger partial charge is 0.353 e. The molecule has 1 aliphatic heterocycles. The van der Waals surface area contributed by atoms with Crippen molar-refractivity contribution in [2.75, 3.05) is 18.0 Å². The van der Waals surface area contributed by atoms with Crippen molar-refractivity contribution in [1.29, 1.82) is 0 Å². The number of nitrogens with two attached hydrogens (primary N) is 1. The summed E-state index contributed by atoms with van der Waals surface area (Å²) in [5.74, 6) is 1.09. The van der Waals surface area contributed by atoms with Crippen molar-refractivity contribution in [2.45, 2.75) is 25.8 Å². The minimum Gasteiger partial charge on any atom is -0.353 e. The fourth-order valence-electron chi connectivity index (χ4n) is 2.46. The third kappa shape index (κ3) is 2.96. The number of aryl methyl sites for hydroxylation is 1. The zero-order chi connectivity index (χ0) is 11.8. The molecule has 1 unspecified atom stereocenters. The van der Waals surface area contributed by atoms with Gasteiger partial charge in [-0.1, -0.05) is 6.92 Å². The Hall–Kier alpha value is -0.970. The van der Waals surface area contributed by atoms with Gasteiger partial charge in [-0.25, -0.2) is 4.98 Å². The lowest BCUT2D eigenvalue weighted by molar-refractivity contribution is 0.751. The first-order valence-electron chi connectivity index (χ1n) is 6.25. The maximum atomic E-state index is 5.98. The molecule has 0 aromatic carbocycles. The van der Waals surface area contributed by atoms with Crippen LogP contribution >= 0.6 is 24.8 Å². The second-order valence-corrected chi connectivity index (χ2v) is 4.70. The summed E-state index contributed by atoms with van der Waals surface area (Å²) in [4.78, 5) is 7.06. The fraction of sp³-hybridized carbons (Fsp3) is 0.462. The van der Waals surface area contributed by atoms with Crippen LogP contribution in [0.5, 0.6) is 0 Å². The van der Waals surface area contributed by atoms with Crippen LogP contribution in [0.4, 0.5) is 5.82 Å². The van der Waals surface area contributed by atoms with Crippen molar-refractivity contribution in [1.82, 2.24) is 9.38 Å². The fourth-order valence-corrected chi connectivity index (χ4v) is 2.46. The maximum absolute atomic E-state index is 5.98.